The number of hydrogen-bond donors (Lipinski definition) is 0. The van der Waals surface area contributed by atoms with Crippen molar-refractivity contribution in [2.24, 2.45) is 0 Å². The Morgan fingerprint density at radius 3 is 2.13 bits per heavy atom. The first-order valence-electron chi connectivity index (χ1n) is 10.7. The largest absolute Gasteiger partial charge is 0.340 e. The number of carbonyl (C=O) groups is 1. The normalized spacial score (nSPS) is 12.6. The highest BCUT2D eigenvalue weighted by atomic mass is 32.2. The Morgan fingerprint density at radius 1 is 0.767 bits per heavy atom. The van der Waals surface area contributed by atoms with Gasteiger partial charge in [-0.3, -0.25) is 4.79 Å². The van der Waals surface area contributed by atoms with Gasteiger partial charge in [0.1, 0.15) is 6.29 Å². The van der Waals surface area contributed by atoms with E-state index < -0.39 is 0 Å². The summed E-state index contributed by atoms with van der Waals surface area (Å²) in [5, 5.41) is 0. The van der Waals surface area contributed by atoms with Gasteiger partial charge >= 0.3 is 0 Å². The van der Waals surface area contributed by atoms with E-state index in [9.17, 15) is 4.79 Å². The zero-order valence-electron chi connectivity index (χ0n) is 17.4. The highest BCUT2D eigenvalue weighted by Gasteiger charge is 2.23. The van der Waals surface area contributed by atoms with Gasteiger partial charge in [-0.25, -0.2) is 0 Å². The Kier molecular flexibility index (Phi) is 6.70. The van der Waals surface area contributed by atoms with Crippen LogP contribution in [-0.4, -0.2) is 12.8 Å². The second kappa shape index (κ2) is 9.82. The maximum atomic E-state index is 11.3. The topological polar surface area (TPSA) is 20.3 Å². The number of unbranched alkanes of at least 4 members (excludes halogenated alkanes) is 3. The Labute approximate surface area is 183 Å². The van der Waals surface area contributed by atoms with Gasteiger partial charge in [0.15, 0.2) is 0 Å². The molecule has 0 radical (unpaired) electrons. The van der Waals surface area contributed by atoms with Gasteiger partial charge in [0, 0.05) is 21.9 Å². The Balaban J connectivity index is 1.64. The first kappa shape index (κ1) is 20.5. The van der Waals surface area contributed by atoms with Crippen LogP contribution in [0.2, 0.25) is 0 Å². The number of benzene rings is 3. The van der Waals surface area contributed by atoms with Crippen LogP contribution in [0.25, 0.3) is 12.2 Å². The number of carbonyl (C=O) groups excluding carboxylic acids is 1. The molecule has 4 rings (SSSR count). The molecule has 0 fully saturated rings. The van der Waals surface area contributed by atoms with Crippen molar-refractivity contribution >= 4 is 41.6 Å². The van der Waals surface area contributed by atoms with Crippen LogP contribution in [0.4, 0.5) is 11.4 Å². The van der Waals surface area contributed by atoms with E-state index in [1.165, 1.54) is 53.1 Å². The molecule has 1 heterocycles. The molecule has 0 amide bonds. The minimum Gasteiger partial charge on any atom is -0.340 e. The summed E-state index contributed by atoms with van der Waals surface area (Å²) in [6, 6.07) is 23.1. The van der Waals surface area contributed by atoms with Gasteiger partial charge in [0.05, 0.1) is 11.4 Å². The number of rotatable bonds is 8. The maximum absolute atomic E-state index is 11.3. The second-order valence-electron chi connectivity index (χ2n) is 7.63. The number of aldehydes is 1. The average molecular weight is 414 g/mol. The summed E-state index contributed by atoms with van der Waals surface area (Å²) in [7, 11) is 0. The van der Waals surface area contributed by atoms with Crippen LogP contribution in [0.1, 0.15) is 54.1 Å². The lowest BCUT2D eigenvalue weighted by molar-refractivity contribution is 0.112. The van der Waals surface area contributed by atoms with Gasteiger partial charge in [-0.15, -0.1) is 0 Å². The predicted molar refractivity (Wildman–Crippen MR) is 129 cm³/mol. The summed E-state index contributed by atoms with van der Waals surface area (Å²) in [5.74, 6) is 0. The van der Waals surface area contributed by atoms with E-state index in [0.717, 1.165) is 23.3 Å². The van der Waals surface area contributed by atoms with Crippen LogP contribution in [0.5, 0.6) is 0 Å². The van der Waals surface area contributed by atoms with Gasteiger partial charge < -0.3 is 4.90 Å². The monoisotopic (exact) mass is 413 g/mol. The molecule has 0 aromatic heterocycles. The lowest BCUT2D eigenvalue weighted by atomic mass is 10.1. The predicted octanol–water partition coefficient (Wildman–Crippen LogP) is 7.85. The molecule has 152 valence electrons. The summed E-state index contributed by atoms with van der Waals surface area (Å²) < 4.78 is 0. The van der Waals surface area contributed by atoms with Gasteiger partial charge in [0.2, 0.25) is 0 Å². The van der Waals surface area contributed by atoms with E-state index in [4.69, 9.17) is 0 Å². The summed E-state index contributed by atoms with van der Waals surface area (Å²) in [4.78, 5) is 16.1. The van der Waals surface area contributed by atoms with E-state index in [1.807, 2.05) is 18.2 Å². The quantitative estimate of drug-likeness (QED) is 0.213. The highest BCUT2D eigenvalue weighted by Crippen LogP contribution is 2.48. The van der Waals surface area contributed by atoms with Gasteiger partial charge in [0.25, 0.3) is 0 Å². The SMILES string of the molecule is CCCCCCN1c2ccc(C=O)cc2Sc2cc(/C=C/c3ccccc3)ccc21. The molecule has 0 saturated heterocycles. The zero-order chi connectivity index (χ0) is 20.8. The van der Waals surface area contributed by atoms with Crippen molar-refractivity contribution in [2.45, 2.75) is 42.4 Å². The number of hydrogen-bond acceptors (Lipinski definition) is 3. The lowest BCUT2D eigenvalue weighted by Crippen LogP contribution is -2.22. The summed E-state index contributed by atoms with van der Waals surface area (Å²) in [5.41, 5.74) is 5.59. The molecule has 0 N–H and O–H groups in total. The summed E-state index contributed by atoms with van der Waals surface area (Å²) in [6.45, 7) is 3.24. The molecule has 2 nitrogen and oxygen atoms in total. The smallest absolute Gasteiger partial charge is 0.150 e. The zero-order valence-corrected chi connectivity index (χ0v) is 18.2. The molecule has 0 bridgehead atoms. The van der Waals surface area contributed by atoms with E-state index in [1.54, 1.807) is 11.8 Å². The molecular weight excluding hydrogens is 386 g/mol. The molecule has 0 aliphatic carbocycles. The van der Waals surface area contributed by atoms with Gasteiger partial charge in [-0.2, -0.15) is 0 Å². The summed E-state index contributed by atoms with van der Waals surface area (Å²) in [6.07, 6.45) is 10.2. The van der Waals surface area contributed by atoms with Crippen molar-refractivity contribution in [3.63, 3.8) is 0 Å². The van der Waals surface area contributed by atoms with E-state index >= 15 is 0 Å². The molecular formula is C27H27NOS. The minimum atomic E-state index is 0.732. The third kappa shape index (κ3) is 4.68. The molecule has 1 aliphatic rings. The fourth-order valence-corrected chi connectivity index (χ4v) is 4.98. The van der Waals surface area contributed by atoms with E-state index in [2.05, 4.69) is 72.5 Å². The second-order valence-corrected chi connectivity index (χ2v) is 8.71. The van der Waals surface area contributed by atoms with Crippen molar-refractivity contribution in [1.29, 1.82) is 0 Å². The first-order chi connectivity index (χ1) is 14.8. The van der Waals surface area contributed by atoms with Crippen LogP contribution >= 0.6 is 11.8 Å². The fourth-order valence-electron chi connectivity index (χ4n) is 3.79. The van der Waals surface area contributed by atoms with Crippen LogP contribution in [0, 0.1) is 0 Å². The van der Waals surface area contributed by atoms with Crippen LogP contribution in [-0.2, 0) is 0 Å². The van der Waals surface area contributed by atoms with Crippen molar-refractivity contribution in [3.05, 3.63) is 83.4 Å². The minimum absolute atomic E-state index is 0.732. The molecule has 0 spiro atoms. The van der Waals surface area contributed by atoms with E-state index in [0.29, 0.717) is 0 Å². The molecule has 0 unspecified atom stereocenters. The Hall–Kier alpha value is -2.78. The van der Waals surface area contributed by atoms with Crippen LogP contribution in [0.3, 0.4) is 0 Å². The van der Waals surface area contributed by atoms with Gasteiger partial charge in [-0.05, 0) is 47.9 Å². The van der Waals surface area contributed by atoms with E-state index in [-0.39, 0.29) is 0 Å². The molecule has 0 atom stereocenters. The van der Waals surface area contributed by atoms with Crippen molar-refractivity contribution in [2.75, 3.05) is 11.4 Å². The number of fused-ring (bicyclic) bond motifs is 2. The lowest BCUT2D eigenvalue weighted by Gasteiger charge is -2.33. The number of nitrogens with zero attached hydrogens (tertiary/aromatic N) is 1. The van der Waals surface area contributed by atoms with Crippen molar-refractivity contribution in [3.8, 4) is 0 Å². The average Bonchev–Trinajstić information content (AvgIpc) is 2.80. The molecule has 0 saturated carbocycles. The third-order valence-corrected chi connectivity index (χ3v) is 6.50. The van der Waals surface area contributed by atoms with Gasteiger partial charge in [-0.1, -0.05) is 86.5 Å². The third-order valence-electron chi connectivity index (χ3n) is 5.41. The standard InChI is InChI=1S/C27H27NOS/c1-2-3-4-8-17-28-24-15-13-22(12-11-21-9-6-5-7-10-21)18-26(24)30-27-19-23(20-29)14-16-25(27)28/h5-7,9-16,18-20H,2-4,8,17H2,1H3/b12-11+. The fraction of sp³-hybridized carbons (Fsp3) is 0.222. The molecule has 3 heteroatoms. The maximum Gasteiger partial charge on any atom is 0.150 e. The van der Waals surface area contributed by atoms with Crippen molar-refractivity contribution in [1.82, 2.24) is 0 Å². The molecule has 1 aliphatic heterocycles. The Bertz CT molecular complexity index is 1040. The van der Waals surface area contributed by atoms with Crippen LogP contribution < -0.4 is 4.90 Å². The number of anilines is 2. The Morgan fingerprint density at radius 2 is 1.43 bits per heavy atom. The van der Waals surface area contributed by atoms with Crippen LogP contribution in [0.15, 0.2) is 76.5 Å². The molecule has 3 aromatic rings. The van der Waals surface area contributed by atoms with Crippen molar-refractivity contribution < 1.29 is 4.79 Å². The highest BCUT2D eigenvalue weighted by molar-refractivity contribution is 7.99. The molecule has 3 aromatic carbocycles. The summed E-state index contributed by atoms with van der Waals surface area (Å²) >= 11 is 1.76. The first-order valence-corrected chi connectivity index (χ1v) is 11.5. The molecule has 30 heavy (non-hydrogen) atoms.